The van der Waals surface area contributed by atoms with Crippen LogP contribution in [-0.2, 0) is 20.7 Å². The molecule has 2 aromatic carbocycles. The molecule has 0 bridgehead atoms. The van der Waals surface area contributed by atoms with Crippen LogP contribution in [0.25, 0.3) is 5.76 Å². The summed E-state index contributed by atoms with van der Waals surface area (Å²) < 4.78 is 16.5. The Kier molecular flexibility index (Phi) is 6.49. The molecule has 8 heteroatoms. The number of methoxy groups -OCH3 is 1. The van der Waals surface area contributed by atoms with E-state index in [0.717, 1.165) is 36.4 Å². The molecule has 8 nitrogen and oxygen atoms in total. The number of Topliss-reactive ketones (excluding diaryl/α,β-unsaturated/α-hetero) is 1. The summed E-state index contributed by atoms with van der Waals surface area (Å²) in [4.78, 5) is 30.3. The lowest BCUT2D eigenvalue weighted by Crippen LogP contribution is -2.42. The maximum atomic E-state index is 13.3. The molecule has 2 aromatic rings. The fraction of sp³-hybridized carbons (Fsp3) is 0.407. The number of hydrogen-bond donors (Lipinski definition) is 1. The van der Waals surface area contributed by atoms with Crippen LogP contribution in [0.4, 0.5) is 0 Å². The molecule has 3 aliphatic rings. The second-order valence-electron chi connectivity index (χ2n) is 9.17. The average molecular weight is 479 g/mol. The average Bonchev–Trinajstić information content (AvgIpc) is 3.38. The van der Waals surface area contributed by atoms with E-state index in [9.17, 15) is 14.7 Å². The van der Waals surface area contributed by atoms with Gasteiger partial charge in [-0.2, -0.15) is 0 Å². The number of nitrogens with zero attached hydrogens (tertiary/aromatic N) is 2. The van der Waals surface area contributed by atoms with Crippen LogP contribution >= 0.6 is 0 Å². The van der Waals surface area contributed by atoms with Crippen molar-refractivity contribution in [3.05, 3.63) is 64.7 Å². The minimum Gasteiger partial charge on any atom is -0.507 e. The van der Waals surface area contributed by atoms with E-state index in [2.05, 4.69) is 4.90 Å². The van der Waals surface area contributed by atoms with Crippen molar-refractivity contribution in [2.75, 3.05) is 46.5 Å². The molecule has 2 atom stereocenters. The van der Waals surface area contributed by atoms with Crippen molar-refractivity contribution in [1.29, 1.82) is 0 Å². The number of benzene rings is 2. The summed E-state index contributed by atoms with van der Waals surface area (Å²) in [6, 6.07) is 12.0. The van der Waals surface area contributed by atoms with Crippen LogP contribution in [0, 0.1) is 0 Å². The zero-order chi connectivity index (χ0) is 24.5. The molecule has 0 spiro atoms. The lowest BCUT2D eigenvalue weighted by molar-refractivity contribution is -0.140. The van der Waals surface area contributed by atoms with E-state index in [1.165, 1.54) is 0 Å². The number of carbonyl (C=O) groups is 2. The highest BCUT2D eigenvalue weighted by Crippen LogP contribution is 2.40. The highest BCUT2D eigenvalue weighted by Gasteiger charge is 2.46. The third-order valence-corrected chi connectivity index (χ3v) is 6.90. The molecule has 0 radical (unpaired) electrons. The van der Waals surface area contributed by atoms with E-state index >= 15 is 0 Å². The number of morpholine rings is 1. The van der Waals surface area contributed by atoms with Gasteiger partial charge in [0.2, 0.25) is 0 Å². The summed E-state index contributed by atoms with van der Waals surface area (Å²) in [6.45, 7) is 5.86. The first-order valence-electron chi connectivity index (χ1n) is 12.0. The fourth-order valence-electron chi connectivity index (χ4n) is 5.04. The third-order valence-electron chi connectivity index (χ3n) is 6.90. The van der Waals surface area contributed by atoms with Gasteiger partial charge in [-0.3, -0.25) is 14.5 Å². The molecule has 184 valence electrons. The molecule has 2 saturated heterocycles. The van der Waals surface area contributed by atoms with Crippen LogP contribution in [0.2, 0.25) is 0 Å². The molecular formula is C27H30N2O6. The topological polar surface area (TPSA) is 88.5 Å². The van der Waals surface area contributed by atoms with Crippen molar-refractivity contribution < 1.29 is 28.9 Å². The quantitative estimate of drug-likeness (QED) is 0.388. The Balaban J connectivity index is 1.53. The number of amides is 1. The third kappa shape index (κ3) is 4.51. The van der Waals surface area contributed by atoms with Crippen molar-refractivity contribution in [1.82, 2.24) is 9.80 Å². The van der Waals surface area contributed by atoms with Gasteiger partial charge in [-0.05, 0) is 48.4 Å². The van der Waals surface area contributed by atoms with Crippen molar-refractivity contribution in [2.45, 2.75) is 25.5 Å². The van der Waals surface area contributed by atoms with Gasteiger partial charge in [-0.15, -0.1) is 0 Å². The number of hydrogen-bond acceptors (Lipinski definition) is 7. The van der Waals surface area contributed by atoms with Crippen LogP contribution in [0.15, 0.2) is 48.0 Å². The van der Waals surface area contributed by atoms with Gasteiger partial charge < -0.3 is 24.2 Å². The SMILES string of the molecule is COc1ccc([C@H]2C(=C(O)c3ccc4c(c3)C[C@@H](C)O4)C(=O)C(=O)N2CCN2CCOCC2)cc1. The second-order valence-corrected chi connectivity index (χ2v) is 9.17. The normalized spacial score (nSPS) is 23.9. The summed E-state index contributed by atoms with van der Waals surface area (Å²) in [5.74, 6) is 0.0213. The van der Waals surface area contributed by atoms with Gasteiger partial charge in [-0.25, -0.2) is 0 Å². The summed E-state index contributed by atoms with van der Waals surface area (Å²) in [5.41, 5.74) is 2.33. The zero-order valence-corrected chi connectivity index (χ0v) is 20.0. The number of aliphatic hydroxyl groups excluding tert-OH is 1. The van der Waals surface area contributed by atoms with Crippen LogP contribution in [0.5, 0.6) is 11.5 Å². The highest BCUT2D eigenvalue weighted by molar-refractivity contribution is 6.46. The number of ketones is 1. The minimum absolute atomic E-state index is 0.0625. The molecule has 5 rings (SSSR count). The van der Waals surface area contributed by atoms with E-state index in [4.69, 9.17) is 14.2 Å². The molecular weight excluding hydrogens is 448 g/mol. The molecule has 0 aliphatic carbocycles. The lowest BCUT2D eigenvalue weighted by atomic mass is 9.94. The Labute approximate surface area is 204 Å². The number of rotatable bonds is 6. The molecule has 0 aromatic heterocycles. The Bertz CT molecular complexity index is 1150. The van der Waals surface area contributed by atoms with Crippen LogP contribution in [0.3, 0.4) is 0 Å². The minimum atomic E-state index is -0.689. The molecule has 35 heavy (non-hydrogen) atoms. The maximum absolute atomic E-state index is 13.3. The maximum Gasteiger partial charge on any atom is 0.295 e. The zero-order valence-electron chi connectivity index (χ0n) is 20.0. The Morgan fingerprint density at radius 1 is 1.09 bits per heavy atom. The molecule has 2 fully saturated rings. The molecule has 1 N–H and O–H groups in total. The Morgan fingerprint density at radius 2 is 1.83 bits per heavy atom. The van der Waals surface area contributed by atoms with Gasteiger partial charge >= 0.3 is 0 Å². The molecule has 0 saturated carbocycles. The first-order valence-corrected chi connectivity index (χ1v) is 12.0. The summed E-state index contributed by atoms with van der Waals surface area (Å²) in [5, 5.41) is 11.4. The lowest BCUT2D eigenvalue weighted by Gasteiger charge is -2.31. The van der Waals surface area contributed by atoms with Crippen molar-refractivity contribution in [3.63, 3.8) is 0 Å². The van der Waals surface area contributed by atoms with Crippen molar-refractivity contribution in [3.8, 4) is 11.5 Å². The molecule has 0 unspecified atom stereocenters. The van der Waals surface area contributed by atoms with Gasteiger partial charge in [-0.1, -0.05) is 12.1 Å². The van der Waals surface area contributed by atoms with Crippen LogP contribution in [0.1, 0.15) is 29.7 Å². The van der Waals surface area contributed by atoms with Crippen molar-refractivity contribution in [2.24, 2.45) is 0 Å². The predicted octanol–water partition coefficient (Wildman–Crippen LogP) is 2.77. The highest BCUT2D eigenvalue weighted by atomic mass is 16.5. The summed E-state index contributed by atoms with van der Waals surface area (Å²) >= 11 is 0. The van der Waals surface area contributed by atoms with E-state index in [0.29, 0.717) is 37.6 Å². The van der Waals surface area contributed by atoms with E-state index in [1.54, 1.807) is 30.2 Å². The smallest absolute Gasteiger partial charge is 0.295 e. The predicted molar refractivity (Wildman–Crippen MR) is 129 cm³/mol. The number of fused-ring (bicyclic) bond motifs is 1. The number of ether oxygens (including phenoxy) is 3. The van der Waals surface area contributed by atoms with Gasteiger partial charge in [0.05, 0.1) is 31.9 Å². The summed E-state index contributed by atoms with van der Waals surface area (Å²) in [6.07, 6.45) is 0.791. The van der Waals surface area contributed by atoms with E-state index < -0.39 is 17.7 Å². The summed E-state index contributed by atoms with van der Waals surface area (Å²) in [7, 11) is 1.59. The Hall–Kier alpha value is -3.36. The van der Waals surface area contributed by atoms with Gasteiger partial charge in [0.15, 0.2) is 0 Å². The van der Waals surface area contributed by atoms with Crippen molar-refractivity contribution >= 4 is 17.4 Å². The second kappa shape index (κ2) is 9.71. The standard InChI is InChI=1S/C27H30N2O6/c1-17-15-20-16-19(5-8-22(20)35-17)25(30)23-24(18-3-6-21(33-2)7-4-18)29(27(32)26(23)31)10-9-28-11-13-34-14-12-28/h3-8,16-17,24,30H,9-15H2,1-2H3/t17-,24+/m1/s1. The molecule has 3 heterocycles. The number of aliphatic hydroxyl groups is 1. The van der Waals surface area contributed by atoms with Crippen LogP contribution < -0.4 is 9.47 Å². The number of carbonyl (C=O) groups excluding carboxylic acids is 2. The fourth-order valence-corrected chi connectivity index (χ4v) is 5.04. The van der Waals surface area contributed by atoms with Gasteiger partial charge in [0.25, 0.3) is 11.7 Å². The largest absolute Gasteiger partial charge is 0.507 e. The first-order chi connectivity index (χ1) is 17.0. The van der Waals surface area contributed by atoms with Gasteiger partial charge in [0.1, 0.15) is 23.4 Å². The molecule has 3 aliphatic heterocycles. The monoisotopic (exact) mass is 478 g/mol. The van der Waals surface area contributed by atoms with E-state index in [1.807, 2.05) is 31.2 Å². The number of likely N-dealkylation sites (tertiary alicyclic amines) is 1. The first kappa shape index (κ1) is 23.4. The molecule has 1 amide bonds. The Morgan fingerprint density at radius 3 is 2.54 bits per heavy atom. The van der Waals surface area contributed by atoms with Crippen LogP contribution in [-0.4, -0.2) is 79.2 Å². The van der Waals surface area contributed by atoms with Gasteiger partial charge in [0, 0.05) is 38.2 Å². The van der Waals surface area contributed by atoms with E-state index in [-0.39, 0.29) is 17.4 Å².